The zero-order chi connectivity index (χ0) is 15.6. The summed E-state index contributed by atoms with van der Waals surface area (Å²) in [6.45, 7) is 5.93. The molecule has 124 valence electrons. The fourth-order valence-electron chi connectivity index (χ4n) is 2.82. The number of nitrogens with one attached hydrogen (secondary N) is 2. The summed E-state index contributed by atoms with van der Waals surface area (Å²) in [5, 5.41) is 8.86. The van der Waals surface area contributed by atoms with Crippen LogP contribution in [0.1, 0.15) is 17.7 Å². The van der Waals surface area contributed by atoms with Gasteiger partial charge in [-0.05, 0) is 36.8 Å². The van der Waals surface area contributed by atoms with Gasteiger partial charge in [0.2, 0.25) is 0 Å². The van der Waals surface area contributed by atoms with Crippen LogP contribution in [0.2, 0.25) is 0 Å². The lowest BCUT2D eigenvalue weighted by Gasteiger charge is -2.32. The highest BCUT2D eigenvalue weighted by atomic mass is 32.1. The summed E-state index contributed by atoms with van der Waals surface area (Å²) < 4.78 is 5.04. The molecule has 22 heavy (non-hydrogen) atoms. The normalized spacial score (nSPS) is 20.1. The van der Waals surface area contributed by atoms with Crippen molar-refractivity contribution in [3.63, 3.8) is 0 Å². The van der Waals surface area contributed by atoms with E-state index in [9.17, 15) is 0 Å². The van der Waals surface area contributed by atoms with E-state index in [4.69, 9.17) is 4.74 Å². The second-order valence-corrected chi connectivity index (χ2v) is 6.73. The number of thiophene rings is 1. The Morgan fingerprint density at radius 2 is 2.41 bits per heavy atom. The second kappa shape index (κ2) is 9.82. The minimum absolute atomic E-state index is 0.690. The molecule has 0 saturated carbocycles. The molecule has 0 aromatic carbocycles. The van der Waals surface area contributed by atoms with Gasteiger partial charge >= 0.3 is 0 Å². The average molecular weight is 324 g/mol. The van der Waals surface area contributed by atoms with Crippen molar-refractivity contribution in [3.05, 3.63) is 22.4 Å². The molecular formula is C16H28N4OS. The summed E-state index contributed by atoms with van der Waals surface area (Å²) in [4.78, 5) is 8.29. The minimum atomic E-state index is 0.690. The summed E-state index contributed by atoms with van der Waals surface area (Å²) in [5.74, 6) is 1.56. The molecule has 2 heterocycles. The number of nitrogens with zero attached hydrogens (tertiary/aromatic N) is 2. The molecule has 1 fully saturated rings. The number of methoxy groups -OCH3 is 1. The van der Waals surface area contributed by atoms with E-state index in [-0.39, 0.29) is 0 Å². The minimum Gasteiger partial charge on any atom is -0.383 e. The molecule has 1 unspecified atom stereocenters. The highest BCUT2D eigenvalue weighted by Gasteiger charge is 2.20. The molecule has 0 bridgehead atoms. The van der Waals surface area contributed by atoms with Gasteiger partial charge in [-0.3, -0.25) is 9.89 Å². The predicted octanol–water partition coefficient (Wildman–Crippen LogP) is 1.77. The number of ether oxygens (including phenoxy) is 1. The highest BCUT2D eigenvalue weighted by Crippen LogP contribution is 2.19. The third kappa shape index (κ3) is 5.94. The lowest BCUT2D eigenvalue weighted by Crippen LogP contribution is -2.44. The number of likely N-dealkylation sites (tertiary alicyclic amines) is 1. The van der Waals surface area contributed by atoms with Crippen molar-refractivity contribution in [2.45, 2.75) is 19.4 Å². The summed E-state index contributed by atoms with van der Waals surface area (Å²) in [5.41, 5.74) is 0. The van der Waals surface area contributed by atoms with Gasteiger partial charge in [-0.25, -0.2) is 0 Å². The standard InChI is InChI=1S/C16H28N4OS/c1-17-16(18-7-9-21-2)19-11-14-5-3-8-20(12-14)13-15-6-4-10-22-15/h4,6,10,14H,3,5,7-9,11-13H2,1-2H3,(H2,17,18,19). The topological polar surface area (TPSA) is 48.9 Å². The molecule has 2 N–H and O–H groups in total. The number of rotatable bonds is 7. The lowest BCUT2D eigenvalue weighted by molar-refractivity contribution is 0.169. The zero-order valence-corrected chi connectivity index (χ0v) is 14.5. The monoisotopic (exact) mass is 324 g/mol. The van der Waals surface area contributed by atoms with Crippen LogP contribution in [0.25, 0.3) is 0 Å². The molecule has 5 nitrogen and oxygen atoms in total. The third-order valence-corrected chi connectivity index (χ3v) is 4.80. The second-order valence-electron chi connectivity index (χ2n) is 5.70. The fourth-order valence-corrected chi connectivity index (χ4v) is 3.56. The first-order valence-corrected chi connectivity index (χ1v) is 8.88. The predicted molar refractivity (Wildman–Crippen MR) is 93.6 cm³/mol. The molecule has 1 saturated heterocycles. The zero-order valence-electron chi connectivity index (χ0n) is 13.7. The SMILES string of the molecule is CN=C(NCCOC)NCC1CCCN(Cc2cccs2)C1. The van der Waals surface area contributed by atoms with Crippen LogP contribution in [0.5, 0.6) is 0 Å². The van der Waals surface area contributed by atoms with Gasteiger partial charge in [0.25, 0.3) is 0 Å². The Bertz CT molecular complexity index is 435. The van der Waals surface area contributed by atoms with E-state index in [1.54, 1.807) is 7.11 Å². The number of hydrogen-bond donors (Lipinski definition) is 2. The molecule has 0 radical (unpaired) electrons. The summed E-state index contributed by atoms with van der Waals surface area (Å²) in [7, 11) is 3.52. The van der Waals surface area contributed by atoms with Crippen molar-refractivity contribution in [1.82, 2.24) is 15.5 Å². The molecule has 0 amide bonds. The third-order valence-electron chi connectivity index (χ3n) is 3.94. The van der Waals surface area contributed by atoms with E-state index < -0.39 is 0 Å². The van der Waals surface area contributed by atoms with Gasteiger partial charge in [0.15, 0.2) is 5.96 Å². The summed E-state index contributed by atoms with van der Waals surface area (Å²) >= 11 is 1.85. The van der Waals surface area contributed by atoms with Gasteiger partial charge in [0, 0.05) is 45.2 Å². The van der Waals surface area contributed by atoms with Crippen molar-refractivity contribution in [1.29, 1.82) is 0 Å². The van der Waals surface area contributed by atoms with Gasteiger partial charge in [0.05, 0.1) is 6.61 Å². The van der Waals surface area contributed by atoms with Crippen molar-refractivity contribution in [2.75, 3.05) is 46.9 Å². The van der Waals surface area contributed by atoms with Crippen LogP contribution >= 0.6 is 11.3 Å². The Morgan fingerprint density at radius 1 is 1.50 bits per heavy atom. The van der Waals surface area contributed by atoms with Gasteiger partial charge in [-0.15, -0.1) is 11.3 Å². The Balaban J connectivity index is 1.70. The molecule has 6 heteroatoms. The largest absolute Gasteiger partial charge is 0.383 e. The molecule has 1 aliphatic rings. The molecule has 0 aliphatic carbocycles. The number of aliphatic imine (C=N–C) groups is 1. The Morgan fingerprint density at radius 3 is 3.14 bits per heavy atom. The van der Waals surface area contributed by atoms with Gasteiger partial charge in [-0.2, -0.15) is 0 Å². The smallest absolute Gasteiger partial charge is 0.191 e. The van der Waals surface area contributed by atoms with Crippen LogP contribution in [0.15, 0.2) is 22.5 Å². The van der Waals surface area contributed by atoms with Gasteiger partial charge in [0.1, 0.15) is 0 Å². The first kappa shape index (κ1) is 17.2. The number of piperidine rings is 1. The molecule has 1 aromatic rings. The van der Waals surface area contributed by atoms with Crippen molar-refractivity contribution in [2.24, 2.45) is 10.9 Å². The summed E-state index contributed by atoms with van der Waals surface area (Å²) in [6, 6.07) is 4.37. The highest BCUT2D eigenvalue weighted by molar-refractivity contribution is 7.09. The van der Waals surface area contributed by atoms with Gasteiger partial charge < -0.3 is 15.4 Å². The lowest BCUT2D eigenvalue weighted by atomic mass is 9.98. The van der Waals surface area contributed by atoms with E-state index in [2.05, 4.69) is 38.0 Å². The van der Waals surface area contributed by atoms with Gasteiger partial charge in [-0.1, -0.05) is 6.07 Å². The van der Waals surface area contributed by atoms with E-state index in [1.807, 2.05) is 18.4 Å². The first-order chi connectivity index (χ1) is 10.8. The van der Waals surface area contributed by atoms with Crippen LogP contribution in [-0.4, -0.2) is 57.8 Å². The maximum atomic E-state index is 5.04. The Labute approximate surface area is 137 Å². The molecular weight excluding hydrogens is 296 g/mol. The Kier molecular flexibility index (Phi) is 7.70. The van der Waals surface area contributed by atoms with E-state index in [0.717, 1.165) is 25.6 Å². The summed E-state index contributed by atoms with van der Waals surface area (Å²) in [6.07, 6.45) is 2.58. The van der Waals surface area contributed by atoms with Crippen molar-refractivity contribution in [3.8, 4) is 0 Å². The number of guanidine groups is 1. The van der Waals surface area contributed by atoms with Crippen LogP contribution < -0.4 is 10.6 Å². The first-order valence-electron chi connectivity index (χ1n) is 8.00. The van der Waals surface area contributed by atoms with E-state index in [1.165, 1.54) is 30.8 Å². The number of hydrogen-bond acceptors (Lipinski definition) is 4. The molecule has 1 aromatic heterocycles. The van der Waals surface area contributed by atoms with Crippen LogP contribution in [0, 0.1) is 5.92 Å². The average Bonchev–Trinajstić information content (AvgIpc) is 3.04. The Hall–Kier alpha value is -1.11. The molecule has 0 spiro atoms. The molecule has 2 rings (SSSR count). The van der Waals surface area contributed by atoms with E-state index >= 15 is 0 Å². The van der Waals surface area contributed by atoms with Crippen molar-refractivity contribution >= 4 is 17.3 Å². The van der Waals surface area contributed by atoms with Crippen LogP contribution in [-0.2, 0) is 11.3 Å². The fraction of sp³-hybridized carbons (Fsp3) is 0.688. The molecule has 1 atom stereocenters. The van der Waals surface area contributed by atoms with E-state index in [0.29, 0.717) is 12.5 Å². The maximum absolute atomic E-state index is 5.04. The molecule has 1 aliphatic heterocycles. The van der Waals surface area contributed by atoms with Crippen LogP contribution in [0.4, 0.5) is 0 Å². The maximum Gasteiger partial charge on any atom is 0.191 e. The quantitative estimate of drug-likeness (QED) is 0.456. The van der Waals surface area contributed by atoms with Crippen molar-refractivity contribution < 1.29 is 4.74 Å². The van der Waals surface area contributed by atoms with Crippen LogP contribution in [0.3, 0.4) is 0 Å².